The molecule has 4 aromatic rings. The lowest BCUT2D eigenvalue weighted by Crippen LogP contribution is -2.18. The summed E-state index contributed by atoms with van der Waals surface area (Å²) < 4.78 is 17.0. The van der Waals surface area contributed by atoms with E-state index in [9.17, 15) is 14.7 Å². The molecule has 6 nitrogen and oxygen atoms in total. The van der Waals surface area contributed by atoms with Crippen LogP contribution in [0.1, 0.15) is 28.9 Å². The van der Waals surface area contributed by atoms with E-state index in [4.69, 9.17) is 13.9 Å². The zero-order valence-corrected chi connectivity index (χ0v) is 16.8. The Balaban J connectivity index is 1.80. The van der Waals surface area contributed by atoms with Crippen LogP contribution in [0.5, 0.6) is 5.75 Å². The van der Waals surface area contributed by atoms with E-state index in [0.717, 1.165) is 5.56 Å². The van der Waals surface area contributed by atoms with Gasteiger partial charge >= 0.3 is 11.9 Å². The van der Waals surface area contributed by atoms with E-state index >= 15 is 0 Å². The molecule has 0 saturated heterocycles. The Kier molecular flexibility index (Phi) is 5.71. The average Bonchev–Trinajstić information content (AvgIpc) is 3.17. The number of furan rings is 1. The van der Waals surface area contributed by atoms with Gasteiger partial charge in [-0.25, -0.2) is 9.59 Å². The Morgan fingerprint density at radius 1 is 0.968 bits per heavy atom. The van der Waals surface area contributed by atoms with E-state index in [-0.39, 0.29) is 12.2 Å². The molecule has 0 fully saturated rings. The first-order chi connectivity index (χ1) is 15.1. The number of hydrogen-bond acceptors (Lipinski definition) is 5. The second-order valence-electron chi connectivity index (χ2n) is 6.80. The zero-order chi connectivity index (χ0) is 21.8. The molecule has 0 unspecified atom stereocenters. The van der Waals surface area contributed by atoms with Crippen molar-refractivity contribution in [3.8, 4) is 17.1 Å². The van der Waals surface area contributed by atoms with Gasteiger partial charge < -0.3 is 19.0 Å². The monoisotopic (exact) mass is 416 g/mol. The van der Waals surface area contributed by atoms with E-state index in [1.807, 2.05) is 30.3 Å². The normalized spacial score (nSPS) is 11.8. The van der Waals surface area contributed by atoms with Crippen molar-refractivity contribution in [1.82, 2.24) is 0 Å². The Morgan fingerprint density at radius 3 is 2.29 bits per heavy atom. The average molecular weight is 416 g/mol. The van der Waals surface area contributed by atoms with Crippen LogP contribution in [0.25, 0.3) is 22.3 Å². The van der Waals surface area contributed by atoms with Gasteiger partial charge in [-0.05, 0) is 25.1 Å². The van der Waals surface area contributed by atoms with Crippen molar-refractivity contribution in [3.05, 3.63) is 90.0 Å². The van der Waals surface area contributed by atoms with Crippen LogP contribution < -0.4 is 4.74 Å². The van der Waals surface area contributed by atoms with Crippen LogP contribution in [-0.2, 0) is 9.53 Å². The molecule has 156 valence electrons. The third-order valence-corrected chi connectivity index (χ3v) is 4.76. The minimum Gasteiger partial charge on any atom is -0.478 e. The molecule has 0 radical (unpaired) electrons. The molecule has 0 spiro atoms. The summed E-state index contributed by atoms with van der Waals surface area (Å²) in [6, 6.07) is 22.8. The molecule has 0 aliphatic carbocycles. The van der Waals surface area contributed by atoms with Crippen LogP contribution in [0.15, 0.2) is 83.3 Å². The number of carbonyl (C=O) groups is 2. The van der Waals surface area contributed by atoms with Crippen molar-refractivity contribution in [3.63, 3.8) is 0 Å². The predicted molar refractivity (Wildman–Crippen MR) is 115 cm³/mol. The van der Waals surface area contributed by atoms with Gasteiger partial charge in [-0.2, -0.15) is 0 Å². The molecule has 0 bridgehead atoms. The van der Waals surface area contributed by atoms with Crippen molar-refractivity contribution in [2.75, 3.05) is 6.61 Å². The number of fused-ring (bicyclic) bond motifs is 1. The summed E-state index contributed by atoms with van der Waals surface area (Å²) in [5, 5.41) is 10.1. The van der Waals surface area contributed by atoms with Gasteiger partial charge in [0.25, 0.3) is 0 Å². The minimum absolute atomic E-state index is 0.213. The minimum atomic E-state index is -1.19. The summed E-state index contributed by atoms with van der Waals surface area (Å²) in [7, 11) is 0. The molecule has 1 aromatic heterocycles. The first-order valence-corrected chi connectivity index (χ1v) is 9.82. The quantitative estimate of drug-likeness (QED) is 0.402. The number of aliphatic carboxylic acids is 1. The molecular weight excluding hydrogens is 396 g/mol. The molecule has 1 heterocycles. The predicted octanol–water partition coefficient (Wildman–Crippen LogP) is 5.48. The lowest BCUT2D eigenvalue weighted by atomic mass is 10.1. The molecular formula is C25H20O6. The molecule has 0 aliphatic heterocycles. The maximum atomic E-state index is 12.8. The summed E-state index contributed by atoms with van der Waals surface area (Å²) in [4.78, 5) is 24.6. The number of carboxylic acid groups (broad SMARTS) is 1. The van der Waals surface area contributed by atoms with E-state index in [2.05, 4.69) is 0 Å². The Morgan fingerprint density at radius 2 is 1.65 bits per heavy atom. The second kappa shape index (κ2) is 8.75. The maximum absolute atomic E-state index is 12.8. The summed E-state index contributed by atoms with van der Waals surface area (Å²) in [6.45, 7) is 1.94. The summed E-state index contributed by atoms with van der Waals surface area (Å²) in [5.74, 6) is -0.942. The first kappa shape index (κ1) is 20.2. The Bertz CT molecular complexity index is 1210. The SMILES string of the molecule is CCOC(=O)c1c(-c2ccccc2)oc2ccc(O[C@@H](C(=O)O)c3ccccc3)cc12. The molecule has 1 atom stereocenters. The molecule has 0 amide bonds. The van der Waals surface area contributed by atoms with Gasteiger partial charge in [0.15, 0.2) is 0 Å². The fourth-order valence-electron chi connectivity index (χ4n) is 3.37. The van der Waals surface area contributed by atoms with E-state index in [0.29, 0.717) is 28.0 Å². The fraction of sp³-hybridized carbons (Fsp3) is 0.120. The lowest BCUT2D eigenvalue weighted by Gasteiger charge is -2.15. The molecule has 0 saturated carbocycles. The second-order valence-corrected chi connectivity index (χ2v) is 6.80. The van der Waals surface area contributed by atoms with Gasteiger partial charge in [0, 0.05) is 16.5 Å². The number of carboxylic acids is 1. The Hall–Kier alpha value is -4.06. The highest BCUT2D eigenvalue weighted by atomic mass is 16.5. The highest BCUT2D eigenvalue weighted by Crippen LogP contribution is 2.37. The molecule has 0 aliphatic rings. The molecule has 6 heteroatoms. The van der Waals surface area contributed by atoms with Crippen molar-refractivity contribution in [1.29, 1.82) is 0 Å². The van der Waals surface area contributed by atoms with Gasteiger partial charge in [0.2, 0.25) is 6.10 Å². The third-order valence-electron chi connectivity index (χ3n) is 4.76. The van der Waals surface area contributed by atoms with Gasteiger partial charge in [-0.15, -0.1) is 0 Å². The number of rotatable bonds is 7. The van der Waals surface area contributed by atoms with Gasteiger partial charge in [-0.3, -0.25) is 0 Å². The molecule has 3 aromatic carbocycles. The molecule has 1 N–H and O–H groups in total. The van der Waals surface area contributed by atoms with Crippen molar-refractivity contribution in [2.45, 2.75) is 13.0 Å². The number of ether oxygens (including phenoxy) is 2. The number of carbonyl (C=O) groups excluding carboxylic acids is 1. The van der Waals surface area contributed by atoms with Crippen LogP contribution in [0, 0.1) is 0 Å². The lowest BCUT2D eigenvalue weighted by molar-refractivity contribution is -0.145. The van der Waals surface area contributed by atoms with Gasteiger partial charge in [0.05, 0.1) is 6.61 Å². The fourth-order valence-corrected chi connectivity index (χ4v) is 3.37. The van der Waals surface area contributed by atoms with Gasteiger partial charge in [0.1, 0.15) is 22.7 Å². The highest BCUT2D eigenvalue weighted by molar-refractivity contribution is 6.09. The topological polar surface area (TPSA) is 86.0 Å². The standard InChI is InChI=1S/C25H20O6/c1-2-29-25(28)21-19-15-18(30-23(24(26)27)17-11-7-4-8-12-17)13-14-20(19)31-22(21)16-9-5-3-6-10-16/h3-15,23H,2H2,1H3,(H,26,27)/t23-/m1/s1. The highest BCUT2D eigenvalue weighted by Gasteiger charge is 2.25. The van der Waals surface area contributed by atoms with Crippen LogP contribution >= 0.6 is 0 Å². The summed E-state index contributed by atoms with van der Waals surface area (Å²) >= 11 is 0. The van der Waals surface area contributed by atoms with E-state index < -0.39 is 18.0 Å². The first-order valence-electron chi connectivity index (χ1n) is 9.82. The third kappa shape index (κ3) is 4.14. The zero-order valence-electron chi connectivity index (χ0n) is 16.8. The van der Waals surface area contributed by atoms with Crippen molar-refractivity contribution in [2.24, 2.45) is 0 Å². The van der Waals surface area contributed by atoms with Crippen LogP contribution in [0.4, 0.5) is 0 Å². The summed E-state index contributed by atoms with van der Waals surface area (Å²) in [5.41, 5.74) is 2.00. The largest absolute Gasteiger partial charge is 0.478 e. The number of esters is 1. The maximum Gasteiger partial charge on any atom is 0.349 e. The van der Waals surface area contributed by atoms with Crippen LogP contribution in [-0.4, -0.2) is 23.7 Å². The van der Waals surface area contributed by atoms with E-state index in [1.165, 1.54) is 0 Å². The molecule has 31 heavy (non-hydrogen) atoms. The Labute approximate surface area is 178 Å². The van der Waals surface area contributed by atoms with Crippen molar-refractivity contribution < 1.29 is 28.6 Å². The molecule has 4 rings (SSSR count). The number of hydrogen-bond donors (Lipinski definition) is 1. The number of benzene rings is 3. The van der Waals surface area contributed by atoms with Crippen LogP contribution in [0.2, 0.25) is 0 Å². The van der Waals surface area contributed by atoms with E-state index in [1.54, 1.807) is 55.5 Å². The van der Waals surface area contributed by atoms with Crippen molar-refractivity contribution >= 4 is 22.9 Å². The summed E-state index contributed by atoms with van der Waals surface area (Å²) in [6.07, 6.45) is -1.19. The smallest absolute Gasteiger partial charge is 0.349 e. The van der Waals surface area contributed by atoms with Gasteiger partial charge in [-0.1, -0.05) is 60.7 Å². The van der Waals surface area contributed by atoms with Crippen LogP contribution in [0.3, 0.4) is 0 Å².